The number of halogens is 1. The normalized spacial score (nSPS) is 38.0. The van der Waals surface area contributed by atoms with Gasteiger partial charge in [-0.2, -0.15) is 0 Å². The Morgan fingerprint density at radius 2 is 1.70 bits per heavy atom. The quantitative estimate of drug-likeness (QED) is 0.786. The van der Waals surface area contributed by atoms with Crippen LogP contribution in [-0.2, 0) is 0 Å². The Hall–Kier alpha value is -0.580. The Kier molecular flexibility index (Phi) is 3.09. The molecule has 4 bridgehead atoms. The van der Waals surface area contributed by atoms with Crippen molar-refractivity contribution in [2.45, 2.75) is 0 Å². The number of benzene rings is 1. The van der Waals surface area contributed by atoms with Gasteiger partial charge in [-0.1, -0.05) is 11.6 Å². The molecule has 1 aromatic carbocycles. The van der Waals surface area contributed by atoms with E-state index in [4.69, 9.17) is 21.1 Å². The molecule has 0 unspecified atom stereocenters. The van der Waals surface area contributed by atoms with Crippen LogP contribution in [0.15, 0.2) is 22.9 Å². The van der Waals surface area contributed by atoms with Crippen LogP contribution in [0.1, 0.15) is 0 Å². The summed E-state index contributed by atoms with van der Waals surface area (Å²) in [5.41, 5.74) is 0.916. The second-order valence-electron chi connectivity index (χ2n) is 5.87. The molecular formula is C13H18ClN4OP. The summed E-state index contributed by atoms with van der Waals surface area (Å²) in [5, 5.41) is 0.722. The Morgan fingerprint density at radius 3 is 2.25 bits per heavy atom. The van der Waals surface area contributed by atoms with Crippen molar-refractivity contribution in [3.8, 4) is 5.75 Å². The fourth-order valence-electron chi connectivity index (χ4n) is 3.57. The summed E-state index contributed by atoms with van der Waals surface area (Å²) < 4.78 is 10.6. The molecule has 4 heterocycles. The molecule has 0 radical (unpaired) electrons. The van der Waals surface area contributed by atoms with Gasteiger partial charge in [-0.15, -0.1) is 0 Å². The molecule has 5 rings (SSSR count). The van der Waals surface area contributed by atoms with E-state index in [0.717, 1.165) is 55.3 Å². The van der Waals surface area contributed by atoms with Gasteiger partial charge in [0.15, 0.2) is 0 Å². The van der Waals surface area contributed by atoms with Gasteiger partial charge in [-0.25, -0.2) is 0 Å². The maximum Gasteiger partial charge on any atom is 0.144 e. The van der Waals surface area contributed by atoms with Crippen LogP contribution in [0.4, 0.5) is 5.69 Å². The fraction of sp³-hybridized carbons (Fsp3) is 0.538. The Morgan fingerprint density at radius 1 is 1.10 bits per heavy atom. The van der Waals surface area contributed by atoms with Gasteiger partial charge in [0.05, 0.1) is 27.1 Å². The maximum atomic E-state index is 6.13. The summed E-state index contributed by atoms with van der Waals surface area (Å²) in [6.45, 7) is 3.29. The lowest BCUT2D eigenvalue weighted by Gasteiger charge is -2.56. The molecule has 0 aliphatic carbocycles. The Labute approximate surface area is 124 Å². The summed E-state index contributed by atoms with van der Waals surface area (Å²) in [6.07, 6.45) is 3.40. The smallest absolute Gasteiger partial charge is 0.144 e. The molecule has 0 N–H and O–H groups in total. The maximum absolute atomic E-state index is 6.13. The van der Waals surface area contributed by atoms with E-state index in [1.165, 1.54) is 0 Å². The molecule has 4 aliphatic heterocycles. The van der Waals surface area contributed by atoms with Gasteiger partial charge >= 0.3 is 0 Å². The van der Waals surface area contributed by atoms with Crippen LogP contribution in [0, 0.1) is 0 Å². The predicted octanol–water partition coefficient (Wildman–Crippen LogP) is 2.87. The van der Waals surface area contributed by atoms with Gasteiger partial charge in [0.25, 0.3) is 0 Å². The third kappa shape index (κ3) is 2.18. The first kappa shape index (κ1) is 13.1. The van der Waals surface area contributed by atoms with Crippen LogP contribution < -0.4 is 4.74 Å². The molecule has 5 nitrogen and oxygen atoms in total. The number of rotatable bonds is 2. The van der Waals surface area contributed by atoms with Crippen molar-refractivity contribution >= 4 is 24.3 Å². The van der Waals surface area contributed by atoms with E-state index >= 15 is 0 Å². The van der Waals surface area contributed by atoms with Gasteiger partial charge in [-0.3, -0.25) is 19.4 Å². The third-order valence-corrected chi connectivity index (χ3v) is 7.70. The van der Waals surface area contributed by atoms with E-state index in [2.05, 4.69) is 14.7 Å². The lowest BCUT2D eigenvalue weighted by Crippen LogP contribution is -2.63. The van der Waals surface area contributed by atoms with Crippen molar-refractivity contribution in [3.05, 3.63) is 23.2 Å². The lowest BCUT2D eigenvalue weighted by molar-refractivity contribution is -0.0265. The first-order valence-corrected chi connectivity index (χ1v) is 9.43. The summed E-state index contributed by atoms with van der Waals surface area (Å²) in [7, 11) is 0.327. The van der Waals surface area contributed by atoms with E-state index in [9.17, 15) is 0 Å². The van der Waals surface area contributed by atoms with Gasteiger partial charge < -0.3 is 4.74 Å². The summed E-state index contributed by atoms with van der Waals surface area (Å²) in [4.78, 5) is 7.51. The predicted molar refractivity (Wildman–Crippen MR) is 81.7 cm³/mol. The van der Waals surface area contributed by atoms with Crippen molar-refractivity contribution in [1.82, 2.24) is 14.7 Å². The molecule has 1 aromatic rings. The standard InChI is InChI=1S/C13H18ClN4OP/c1-19-13-3-2-11(14)4-12(13)15-20-8-16-5-17(9-20)7-18(6-16)10-20/h2-4H,5-10H2,1H3. The van der Waals surface area contributed by atoms with Crippen LogP contribution in [0.2, 0.25) is 5.02 Å². The van der Waals surface area contributed by atoms with E-state index in [0.29, 0.717) is 0 Å². The lowest BCUT2D eigenvalue weighted by atomic mass is 10.3. The molecule has 0 aromatic heterocycles. The minimum absolute atomic E-state index is 0.722. The van der Waals surface area contributed by atoms with Gasteiger partial charge in [-0.05, 0) is 18.2 Å². The number of hydrogen-bond acceptors (Lipinski definition) is 5. The van der Waals surface area contributed by atoms with E-state index in [-0.39, 0.29) is 0 Å². The van der Waals surface area contributed by atoms with Crippen LogP contribution in [0.3, 0.4) is 0 Å². The van der Waals surface area contributed by atoms with Crippen LogP contribution in [0.25, 0.3) is 0 Å². The SMILES string of the molecule is COc1ccc(Cl)cc1N=P12CN3CN(CN(C3)C1)C2. The number of hydrogen-bond donors (Lipinski definition) is 0. The zero-order valence-corrected chi connectivity index (χ0v) is 13.1. The van der Waals surface area contributed by atoms with Crippen molar-refractivity contribution in [1.29, 1.82) is 0 Å². The second-order valence-corrected chi connectivity index (χ2v) is 9.55. The molecular weight excluding hydrogens is 295 g/mol. The monoisotopic (exact) mass is 312 g/mol. The zero-order chi connectivity index (χ0) is 13.7. The van der Waals surface area contributed by atoms with E-state index in [1.807, 2.05) is 18.2 Å². The summed E-state index contributed by atoms with van der Waals surface area (Å²) >= 11 is 6.13. The Bertz CT molecular complexity index is 564. The fourth-order valence-corrected chi connectivity index (χ4v) is 7.57. The topological polar surface area (TPSA) is 31.3 Å². The average molecular weight is 313 g/mol. The van der Waals surface area contributed by atoms with Crippen molar-refractivity contribution in [2.24, 2.45) is 4.74 Å². The highest BCUT2D eigenvalue weighted by atomic mass is 35.5. The number of methoxy groups -OCH3 is 1. The highest BCUT2D eigenvalue weighted by Gasteiger charge is 2.43. The van der Waals surface area contributed by atoms with Crippen molar-refractivity contribution in [3.63, 3.8) is 0 Å². The molecule has 4 saturated heterocycles. The molecule has 0 saturated carbocycles. The molecule has 7 heteroatoms. The molecule has 4 aliphatic rings. The third-order valence-electron chi connectivity index (χ3n) is 4.05. The molecule has 4 fully saturated rings. The largest absolute Gasteiger partial charge is 0.494 e. The first-order valence-electron chi connectivity index (χ1n) is 6.76. The molecule has 0 spiro atoms. The number of ether oxygens (including phenoxy) is 1. The highest BCUT2D eigenvalue weighted by molar-refractivity contribution is 7.66. The number of nitrogens with zero attached hydrogens (tertiary/aromatic N) is 4. The summed E-state index contributed by atoms with van der Waals surface area (Å²) in [6, 6.07) is 5.69. The molecule has 0 amide bonds. The van der Waals surface area contributed by atoms with Crippen molar-refractivity contribution < 1.29 is 4.74 Å². The Balaban J connectivity index is 1.78. The molecule has 108 valence electrons. The van der Waals surface area contributed by atoms with Crippen LogP contribution in [0.5, 0.6) is 5.75 Å². The van der Waals surface area contributed by atoms with E-state index in [1.54, 1.807) is 7.11 Å². The van der Waals surface area contributed by atoms with Gasteiger partial charge in [0.1, 0.15) is 11.4 Å². The van der Waals surface area contributed by atoms with Crippen molar-refractivity contribution in [2.75, 3.05) is 46.0 Å². The first-order chi connectivity index (χ1) is 9.66. The van der Waals surface area contributed by atoms with Crippen LogP contribution in [-0.4, -0.2) is 60.7 Å². The molecule has 20 heavy (non-hydrogen) atoms. The molecule has 0 atom stereocenters. The van der Waals surface area contributed by atoms with Gasteiger partial charge in [0, 0.05) is 30.9 Å². The average Bonchev–Trinajstić information content (AvgIpc) is 2.36. The minimum Gasteiger partial charge on any atom is -0.494 e. The van der Waals surface area contributed by atoms with E-state index < -0.39 is 7.05 Å². The zero-order valence-electron chi connectivity index (χ0n) is 11.5. The summed E-state index contributed by atoms with van der Waals surface area (Å²) in [5.74, 6) is 0.824. The van der Waals surface area contributed by atoms with Crippen LogP contribution >= 0.6 is 18.7 Å². The van der Waals surface area contributed by atoms with Gasteiger partial charge in [0.2, 0.25) is 0 Å². The highest BCUT2D eigenvalue weighted by Crippen LogP contribution is 2.60. The minimum atomic E-state index is -1.36. The second kappa shape index (κ2) is 4.72.